The molecule has 1 unspecified atom stereocenters. The zero-order valence-electron chi connectivity index (χ0n) is 13.2. The smallest absolute Gasteiger partial charge is 0.122 e. The number of benzene rings is 1. The molecule has 2 N–H and O–H groups in total. The molecule has 1 rings (SSSR count). The lowest BCUT2D eigenvalue weighted by Gasteiger charge is -2.25. The minimum atomic E-state index is 0.241. The molecule has 0 fully saturated rings. The fraction of sp³-hybridized carbons (Fsp3) is 0.625. The average Bonchev–Trinajstić information content (AvgIpc) is 2.34. The first-order chi connectivity index (χ1) is 8.86. The van der Waals surface area contributed by atoms with E-state index in [2.05, 4.69) is 44.9 Å². The summed E-state index contributed by atoms with van der Waals surface area (Å²) in [6, 6.07) is 4.62. The van der Waals surface area contributed by atoms with E-state index in [4.69, 9.17) is 10.5 Å². The van der Waals surface area contributed by atoms with Gasteiger partial charge in [-0.15, -0.1) is 0 Å². The summed E-state index contributed by atoms with van der Waals surface area (Å²) in [6.07, 6.45) is 0.999. The molecule has 0 aliphatic rings. The van der Waals surface area contributed by atoms with Crippen LogP contribution in [-0.4, -0.2) is 26.7 Å². The Morgan fingerprint density at radius 1 is 1.26 bits per heavy atom. The molecule has 3 heteroatoms. The highest BCUT2D eigenvalue weighted by atomic mass is 16.5. The van der Waals surface area contributed by atoms with Crippen molar-refractivity contribution in [1.29, 1.82) is 0 Å². The van der Waals surface area contributed by atoms with E-state index in [0.717, 1.165) is 18.7 Å². The molecular weight excluding hydrogens is 236 g/mol. The largest absolute Gasteiger partial charge is 0.496 e. The van der Waals surface area contributed by atoms with E-state index < -0.39 is 0 Å². The van der Waals surface area contributed by atoms with E-state index in [-0.39, 0.29) is 6.04 Å². The van der Waals surface area contributed by atoms with E-state index in [1.165, 1.54) is 16.8 Å². The lowest BCUT2D eigenvalue weighted by molar-refractivity contribution is 0.407. The molecule has 19 heavy (non-hydrogen) atoms. The maximum Gasteiger partial charge on any atom is 0.122 e. The molecule has 0 bridgehead atoms. The maximum atomic E-state index is 5.83. The molecule has 0 amide bonds. The lowest BCUT2D eigenvalue weighted by atomic mass is 9.98. The first-order valence-corrected chi connectivity index (χ1v) is 7.02. The van der Waals surface area contributed by atoms with Gasteiger partial charge in [-0.1, -0.05) is 13.8 Å². The molecule has 0 aliphatic carbocycles. The van der Waals surface area contributed by atoms with Crippen LogP contribution in [0.2, 0.25) is 0 Å². The van der Waals surface area contributed by atoms with Crippen molar-refractivity contribution in [2.45, 2.75) is 46.1 Å². The number of ether oxygens (including phenoxy) is 1. The van der Waals surface area contributed by atoms with Crippen molar-refractivity contribution in [1.82, 2.24) is 0 Å². The first-order valence-electron chi connectivity index (χ1n) is 7.02. The van der Waals surface area contributed by atoms with Crippen molar-refractivity contribution < 1.29 is 4.74 Å². The normalized spacial score (nSPS) is 12.6. The van der Waals surface area contributed by atoms with Gasteiger partial charge in [0, 0.05) is 25.3 Å². The predicted molar refractivity (Wildman–Crippen MR) is 83.4 cm³/mol. The van der Waals surface area contributed by atoms with Crippen LogP contribution >= 0.6 is 0 Å². The molecule has 0 spiro atoms. The van der Waals surface area contributed by atoms with Gasteiger partial charge in [0.1, 0.15) is 5.75 Å². The van der Waals surface area contributed by atoms with Gasteiger partial charge in [-0.05, 0) is 49.4 Å². The molecular formula is C16H28N2O. The summed E-state index contributed by atoms with van der Waals surface area (Å²) in [4.78, 5) is 2.28. The summed E-state index contributed by atoms with van der Waals surface area (Å²) >= 11 is 0. The van der Waals surface area contributed by atoms with Gasteiger partial charge in [-0.25, -0.2) is 0 Å². The molecule has 0 heterocycles. The van der Waals surface area contributed by atoms with Crippen molar-refractivity contribution >= 4 is 5.69 Å². The summed E-state index contributed by atoms with van der Waals surface area (Å²) in [5.74, 6) is 1.44. The SMILES string of the molecule is COc1cc(C)c(N(C)CCC(C)N)cc1C(C)C. The summed E-state index contributed by atoms with van der Waals surface area (Å²) in [6.45, 7) is 9.54. The number of methoxy groups -OCH3 is 1. The first kappa shape index (κ1) is 15.8. The van der Waals surface area contributed by atoms with Gasteiger partial charge in [-0.2, -0.15) is 0 Å². The zero-order valence-corrected chi connectivity index (χ0v) is 13.2. The topological polar surface area (TPSA) is 38.5 Å². The number of nitrogens with zero attached hydrogens (tertiary/aromatic N) is 1. The number of rotatable bonds is 6. The van der Waals surface area contributed by atoms with Crippen LogP contribution in [0.25, 0.3) is 0 Å². The number of anilines is 1. The summed E-state index contributed by atoms with van der Waals surface area (Å²) in [5, 5.41) is 0. The predicted octanol–water partition coefficient (Wildman–Crippen LogP) is 3.30. The van der Waals surface area contributed by atoms with Gasteiger partial charge < -0.3 is 15.4 Å². The Morgan fingerprint density at radius 2 is 1.89 bits per heavy atom. The van der Waals surface area contributed by atoms with Crippen LogP contribution in [-0.2, 0) is 0 Å². The van der Waals surface area contributed by atoms with Gasteiger partial charge >= 0.3 is 0 Å². The molecule has 0 aliphatic heterocycles. The Morgan fingerprint density at radius 3 is 2.37 bits per heavy atom. The number of hydrogen-bond donors (Lipinski definition) is 1. The highest BCUT2D eigenvalue weighted by Gasteiger charge is 2.13. The van der Waals surface area contributed by atoms with Crippen LogP contribution in [0, 0.1) is 6.92 Å². The molecule has 1 aromatic rings. The molecule has 0 saturated carbocycles. The van der Waals surface area contributed by atoms with E-state index >= 15 is 0 Å². The Balaban J connectivity index is 3.03. The zero-order chi connectivity index (χ0) is 14.6. The fourth-order valence-corrected chi connectivity index (χ4v) is 2.24. The van der Waals surface area contributed by atoms with Crippen molar-refractivity contribution in [3.63, 3.8) is 0 Å². The Labute approximate surface area is 117 Å². The fourth-order valence-electron chi connectivity index (χ4n) is 2.24. The van der Waals surface area contributed by atoms with Crippen LogP contribution in [0.3, 0.4) is 0 Å². The molecule has 0 saturated heterocycles. The van der Waals surface area contributed by atoms with Crippen molar-refractivity contribution in [2.24, 2.45) is 5.73 Å². The minimum absolute atomic E-state index is 0.241. The van der Waals surface area contributed by atoms with Gasteiger partial charge in [0.15, 0.2) is 0 Å². The van der Waals surface area contributed by atoms with Gasteiger partial charge in [0.25, 0.3) is 0 Å². The third kappa shape index (κ3) is 4.13. The second kappa shape index (κ2) is 6.80. The number of nitrogens with two attached hydrogens (primary N) is 1. The quantitative estimate of drug-likeness (QED) is 0.856. The number of aryl methyl sites for hydroxylation is 1. The van der Waals surface area contributed by atoms with E-state index in [1.54, 1.807) is 7.11 Å². The van der Waals surface area contributed by atoms with Crippen molar-refractivity contribution in [2.75, 3.05) is 25.6 Å². The molecule has 0 aromatic heterocycles. The molecule has 3 nitrogen and oxygen atoms in total. The van der Waals surface area contributed by atoms with Crippen molar-refractivity contribution in [3.8, 4) is 5.75 Å². The highest BCUT2D eigenvalue weighted by molar-refractivity contribution is 5.59. The van der Waals surface area contributed by atoms with Crippen LogP contribution in [0.1, 0.15) is 44.2 Å². The number of hydrogen-bond acceptors (Lipinski definition) is 3. The van der Waals surface area contributed by atoms with Gasteiger partial charge in [-0.3, -0.25) is 0 Å². The minimum Gasteiger partial charge on any atom is -0.496 e. The standard InChI is InChI=1S/C16H28N2O/c1-11(2)14-10-15(12(3)9-16(14)19-6)18(5)8-7-13(4)17/h9-11,13H,7-8,17H2,1-6H3. The monoisotopic (exact) mass is 264 g/mol. The summed E-state index contributed by atoms with van der Waals surface area (Å²) in [7, 11) is 3.86. The summed E-state index contributed by atoms with van der Waals surface area (Å²) < 4.78 is 5.48. The average molecular weight is 264 g/mol. The van der Waals surface area contributed by atoms with Crippen LogP contribution < -0.4 is 15.4 Å². The molecule has 1 atom stereocenters. The summed E-state index contributed by atoms with van der Waals surface area (Å²) in [5.41, 5.74) is 9.61. The van der Waals surface area contributed by atoms with Gasteiger partial charge in [0.2, 0.25) is 0 Å². The molecule has 0 radical (unpaired) electrons. The Kier molecular flexibility index (Phi) is 5.67. The van der Waals surface area contributed by atoms with Crippen LogP contribution in [0.5, 0.6) is 5.75 Å². The second-order valence-corrected chi connectivity index (χ2v) is 5.72. The second-order valence-electron chi connectivity index (χ2n) is 5.72. The third-order valence-corrected chi connectivity index (χ3v) is 3.50. The third-order valence-electron chi connectivity index (χ3n) is 3.50. The maximum absolute atomic E-state index is 5.83. The Bertz CT molecular complexity index is 413. The molecule has 1 aromatic carbocycles. The van der Waals surface area contributed by atoms with Gasteiger partial charge in [0.05, 0.1) is 7.11 Å². The van der Waals surface area contributed by atoms with Crippen LogP contribution in [0.4, 0.5) is 5.69 Å². The van der Waals surface area contributed by atoms with E-state index in [9.17, 15) is 0 Å². The van der Waals surface area contributed by atoms with E-state index in [0.29, 0.717) is 5.92 Å². The highest BCUT2D eigenvalue weighted by Crippen LogP contribution is 2.33. The van der Waals surface area contributed by atoms with Crippen LogP contribution in [0.15, 0.2) is 12.1 Å². The lowest BCUT2D eigenvalue weighted by Crippen LogP contribution is -2.26. The Hall–Kier alpha value is -1.22. The van der Waals surface area contributed by atoms with Crippen molar-refractivity contribution in [3.05, 3.63) is 23.3 Å². The van der Waals surface area contributed by atoms with E-state index in [1.807, 2.05) is 6.92 Å². The molecule has 108 valence electrons.